The predicted molar refractivity (Wildman–Crippen MR) is 39.6 cm³/mol. The number of benzene rings is 1. The van der Waals surface area contributed by atoms with Crippen LogP contribution in [0.15, 0.2) is 24.3 Å². The highest BCUT2D eigenvalue weighted by atomic mass is 19.3. The molecule has 0 amide bonds. The minimum Gasteiger partial charge on any atom is -0.504 e. The molecule has 0 radical (unpaired) electrons. The number of phenols is 1. The second-order valence-corrected chi connectivity index (χ2v) is 2.17. The summed E-state index contributed by atoms with van der Waals surface area (Å²) in [4.78, 5) is 0. The number of hydrogen-bond donors (Lipinski definition) is 1. The Hall–Kier alpha value is -1.32. The molecule has 0 aliphatic rings. The molecule has 0 fully saturated rings. The van der Waals surface area contributed by atoms with E-state index in [1.165, 1.54) is 12.1 Å². The minimum atomic E-state index is -2.52. The summed E-state index contributed by atoms with van der Waals surface area (Å²) in [5.41, 5.74) is 0. The number of rotatable bonds is 3. The van der Waals surface area contributed by atoms with Crippen LogP contribution in [-0.4, -0.2) is 18.1 Å². The monoisotopic (exact) mass is 174 g/mol. The lowest BCUT2D eigenvalue weighted by Gasteiger charge is -2.05. The van der Waals surface area contributed by atoms with Gasteiger partial charge in [0.1, 0.15) is 6.61 Å². The van der Waals surface area contributed by atoms with Crippen LogP contribution in [0.5, 0.6) is 11.5 Å². The molecule has 0 atom stereocenters. The Morgan fingerprint density at radius 2 is 2.00 bits per heavy atom. The van der Waals surface area contributed by atoms with Crippen LogP contribution in [0.2, 0.25) is 0 Å². The van der Waals surface area contributed by atoms with E-state index in [4.69, 9.17) is 5.11 Å². The van der Waals surface area contributed by atoms with Crippen molar-refractivity contribution in [2.45, 2.75) is 6.43 Å². The van der Waals surface area contributed by atoms with Crippen LogP contribution in [0, 0.1) is 0 Å². The molecular formula is C8H8F2O2. The molecule has 0 spiro atoms. The second kappa shape index (κ2) is 3.90. The van der Waals surface area contributed by atoms with Crippen molar-refractivity contribution in [2.24, 2.45) is 0 Å². The predicted octanol–water partition coefficient (Wildman–Crippen LogP) is 2.04. The zero-order valence-electron chi connectivity index (χ0n) is 6.21. The average Bonchev–Trinajstić information content (AvgIpc) is 2.03. The lowest BCUT2D eigenvalue weighted by atomic mass is 10.3. The third-order valence-electron chi connectivity index (χ3n) is 1.23. The summed E-state index contributed by atoms with van der Waals surface area (Å²) < 4.78 is 27.9. The standard InChI is InChI=1S/C8H8F2O2/c9-8(10)5-12-7-4-2-1-3-6(7)11/h1-4,8,11H,5H2. The van der Waals surface area contributed by atoms with Gasteiger partial charge in [-0.05, 0) is 12.1 Å². The average molecular weight is 174 g/mol. The van der Waals surface area contributed by atoms with E-state index in [9.17, 15) is 8.78 Å². The topological polar surface area (TPSA) is 29.5 Å². The first-order chi connectivity index (χ1) is 5.70. The highest BCUT2D eigenvalue weighted by Crippen LogP contribution is 2.24. The molecule has 66 valence electrons. The molecule has 1 rings (SSSR count). The van der Waals surface area contributed by atoms with E-state index in [1.54, 1.807) is 12.1 Å². The minimum absolute atomic E-state index is 0.0813. The van der Waals surface area contributed by atoms with Gasteiger partial charge in [0, 0.05) is 0 Å². The first-order valence-corrected chi connectivity index (χ1v) is 3.39. The van der Waals surface area contributed by atoms with Gasteiger partial charge in [-0.3, -0.25) is 0 Å². The fourth-order valence-corrected chi connectivity index (χ4v) is 0.732. The van der Waals surface area contributed by atoms with Crippen LogP contribution in [0.25, 0.3) is 0 Å². The van der Waals surface area contributed by atoms with E-state index in [0.717, 1.165) is 0 Å². The van der Waals surface area contributed by atoms with E-state index < -0.39 is 13.0 Å². The number of aromatic hydroxyl groups is 1. The Morgan fingerprint density at radius 3 is 2.58 bits per heavy atom. The molecule has 0 heterocycles. The van der Waals surface area contributed by atoms with Crippen LogP contribution >= 0.6 is 0 Å². The van der Waals surface area contributed by atoms with Gasteiger partial charge in [0.05, 0.1) is 0 Å². The first kappa shape index (κ1) is 8.77. The molecule has 1 N–H and O–H groups in total. The normalized spacial score (nSPS) is 10.2. The van der Waals surface area contributed by atoms with Crippen LogP contribution in [0.3, 0.4) is 0 Å². The van der Waals surface area contributed by atoms with Crippen LogP contribution in [0.4, 0.5) is 8.78 Å². The lowest BCUT2D eigenvalue weighted by molar-refractivity contribution is 0.0805. The zero-order valence-corrected chi connectivity index (χ0v) is 6.21. The van der Waals surface area contributed by atoms with Gasteiger partial charge in [-0.25, -0.2) is 8.78 Å². The van der Waals surface area contributed by atoms with Crippen molar-refractivity contribution < 1.29 is 18.6 Å². The van der Waals surface area contributed by atoms with Crippen LogP contribution in [-0.2, 0) is 0 Å². The lowest BCUT2D eigenvalue weighted by Crippen LogP contribution is -2.06. The fourth-order valence-electron chi connectivity index (χ4n) is 0.732. The van der Waals surface area contributed by atoms with E-state index >= 15 is 0 Å². The number of halogens is 2. The number of ether oxygens (including phenoxy) is 1. The largest absolute Gasteiger partial charge is 0.504 e. The number of alkyl halides is 2. The van der Waals surface area contributed by atoms with Crippen molar-refractivity contribution in [2.75, 3.05) is 6.61 Å². The first-order valence-electron chi connectivity index (χ1n) is 3.39. The maximum atomic E-state index is 11.6. The molecule has 0 saturated heterocycles. The molecule has 0 aliphatic heterocycles. The second-order valence-electron chi connectivity index (χ2n) is 2.17. The molecule has 0 unspecified atom stereocenters. The van der Waals surface area contributed by atoms with E-state index in [0.29, 0.717) is 0 Å². The van der Waals surface area contributed by atoms with Crippen molar-refractivity contribution in [3.8, 4) is 11.5 Å². The zero-order chi connectivity index (χ0) is 8.97. The third kappa shape index (κ3) is 2.38. The van der Waals surface area contributed by atoms with Gasteiger partial charge in [-0.15, -0.1) is 0 Å². The molecule has 4 heteroatoms. The molecule has 1 aromatic carbocycles. The van der Waals surface area contributed by atoms with Gasteiger partial charge in [0.25, 0.3) is 6.43 Å². The Labute approximate surface area is 68.4 Å². The highest BCUT2D eigenvalue weighted by molar-refractivity contribution is 5.37. The fraction of sp³-hybridized carbons (Fsp3) is 0.250. The van der Waals surface area contributed by atoms with Gasteiger partial charge in [-0.1, -0.05) is 12.1 Å². The number of phenolic OH excluding ortho intramolecular Hbond substituents is 1. The Balaban J connectivity index is 2.57. The van der Waals surface area contributed by atoms with Gasteiger partial charge in [-0.2, -0.15) is 0 Å². The van der Waals surface area contributed by atoms with Crippen molar-refractivity contribution in [3.05, 3.63) is 24.3 Å². The van der Waals surface area contributed by atoms with E-state index in [1.807, 2.05) is 0 Å². The van der Waals surface area contributed by atoms with Crippen molar-refractivity contribution in [1.82, 2.24) is 0 Å². The van der Waals surface area contributed by atoms with Gasteiger partial charge >= 0.3 is 0 Å². The summed E-state index contributed by atoms with van der Waals surface area (Å²) in [5.74, 6) is -0.0454. The smallest absolute Gasteiger partial charge is 0.272 e. The molecule has 0 aromatic heterocycles. The Kier molecular flexibility index (Phi) is 2.85. The summed E-state index contributed by atoms with van der Waals surface area (Å²) in [6.45, 7) is -0.697. The number of hydrogen-bond acceptors (Lipinski definition) is 2. The SMILES string of the molecule is Oc1ccccc1OCC(F)F. The van der Waals surface area contributed by atoms with Crippen molar-refractivity contribution in [3.63, 3.8) is 0 Å². The van der Waals surface area contributed by atoms with Gasteiger partial charge < -0.3 is 9.84 Å². The van der Waals surface area contributed by atoms with Gasteiger partial charge in [0.2, 0.25) is 0 Å². The molecule has 0 saturated carbocycles. The van der Waals surface area contributed by atoms with Crippen LogP contribution < -0.4 is 4.74 Å². The molecule has 2 nitrogen and oxygen atoms in total. The summed E-state index contributed by atoms with van der Waals surface area (Å²) in [6.07, 6.45) is -2.52. The Morgan fingerprint density at radius 1 is 1.33 bits per heavy atom. The number of para-hydroxylation sites is 2. The summed E-state index contributed by atoms with van der Waals surface area (Å²) >= 11 is 0. The van der Waals surface area contributed by atoms with Gasteiger partial charge in [0.15, 0.2) is 11.5 Å². The molecule has 0 aliphatic carbocycles. The van der Waals surface area contributed by atoms with Crippen LogP contribution in [0.1, 0.15) is 0 Å². The van der Waals surface area contributed by atoms with Crippen molar-refractivity contribution in [1.29, 1.82) is 0 Å². The van der Waals surface area contributed by atoms with Crippen molar-refractivity contribution >= 4 is 0 Å². The summed E-state index contributed by atoms with van der Waals surface area (Å²) in [5, 5.41) is 9.05. The molecule has 1 aromatic rings. The van der Waals surface area contributed by atoms with E-state index in [2.05, 4.69) is 4.74 Å². The van der Waals surface area contributed by atoms with E-state index in [-0.39, 0.29) is 11.5 Å². The highest BCUT2D eigenvalue weighted by Gasteiger charge is 2.05. The summed E-state index contributed by atoms with van der Waals surface area (Å²) in [7, 11) is 0. The molecule has 12 heavy (non-hydrogen) atoms. The molecular weight excluding hydrogens is 166 g/mol. The quantitative estimate of drug-likeness (QED) is 0.759. The summed E-state index contributed by atoms with van der Waals surface area (Å²) in [6, 6.07) is 5.99. The Bertz CT molecular complexity index is 251. The molecule has 0 bridgehead atoms. The third-order valence-corrected chi connectivity index (χ3v) is 1.23. The maximum absolute atomic E-state index is 11.6. The maximum Gasteiger partial charge on any atom is 0.272 e.